The molecule has 1 saturated carbocycles. The second-order valence-corrected chi connectivity index (χ2v) is 10.1. The number of halogens is 2. The molecular weight excluding hydrogens is 502 g/mol. The Morgan fingerprint density at radius 3 is 2.67 bits per heavy atom. The Bertz CT molecular complexity index is 1100. The molecule has 2 aliphatic rings. The van der Waals surface area contributed by atoms with Gasteiger partial charge in [0.2, 0.25) is 0 Å². The summed E-state index contributed by atoms with van der Waals surface area (Å²) < 4.78 is 6.36. The molecule has 6 heteroatoms. The van der Waals surface area contributed by atoms with Crippen LogP contribution in [0.1, 0.15) is 60.0 Å². The highest BCUT2D eigenvalue weighted by molar-refractivity contribution is 9.10. The molecule has 2 aliphatic carbocycles. The Kier molecular flexibility index (Phi) is 7.50. The van der Waals surface area contributed by atoms with Crippen molar-refractivity contribution in [2.24, 2.45) is 11.8 Å². The van der Waals surface area contributed by atoms with Gasteiger partial charge in [0.15, 0.2) is 11.7 Å². The maximum Gasteiger partial charge on any atom is 0.187 e. The number of aliphatic hydroxyl groups is 1. The largest absolute Gasteiger partial charge is 0.496 e. The number of carbonyl (C=O) groups excluding carboxylic acids is 1. The van der Waals surface area contributed by atoms with Gasteiger partial charge in [-0.05, 0) is 86.3 Å². The highest BCUT2D eigenvalue weighted by Gasteiger charge is 2.35. The molecule has 2 aromatic carbocycles. The Labute approximate surface area is 208 Å². The highest BCUT2D eigenvalue weighted by atomic mass is 79.9. The number of benzene rings is 2. The molecule has 4 rings (SSSR count). The average Bonchev–Trinajstić information content (AvgIpc) is 3.01. The van der Waals surface area contributed by atoms with Gasteiger partial charge in [-0.15, -0.1) is 0 Å². The van der Waals surface area contributed by atoms with Gasteiger partial charge in [-0.25, -0.2) is 0 Å². The second kappa shape index (κ2) is 10.4. The third-order valence-electron chi connectivity index (χ3n) is 6.98. The Morgan fingerprint density at radius 2 is 1.97 bits per heavy atom. The lowest BCUT2D eigenvalue weighted by atomic mass is 9.74. The summed E-state index contributed by atoms with van der Waals surface area (Å²) in [5.41, 5.74) is 4.42. The number of hydrogen-bond donors (Lipinski definition) is 2. The molecule has 0 bridgehead atoms. The second-order valence-electron chi connectivity index (χ2n) is 8.82. The number of allylic oxidation sites excluding steroid dienone is 1. The molecule has 2 N–H and O–H groups in total. The highest BCUT2D eigenvalue weighted by Crippen LogP contribution is 2.42. The van der Waals surface area contributed by atoms with E-state index in [1.165, 1.54) is 0 Å². The molecule has 33 heavy (non-hydrogen) atoms. The summed E-state index contributed by atoms with van der Waals surface area (Å²) in [5.74, 6) is 1.38. The van der Waals surface area contributed by atoms with Gasteiger partial charge in [0.05, 0.1) is 12.1 Å². The average molecular weight is 531 g/mol. The fourth-order valence-electron chi connectivity index (χ4n) is 5.18. The zero-order valence-electron chi connectivity index (χ0n) is 18.8. The van der Waals surface area contributed by atoms with Crippen molar-refractivity contribution in [2.75, 3.05) is 12.4 Å². The molecule has 1 atom stereocenters. The Balaban J connectivity index is 1.46. The predicted octanol–water partition coefficient (Wildman–Crippen LogP) is 7.96. The minimum Gasteiger partial charge on any atom is -0.496 e. The lowest BCUT2D eigenvalue weighted by Crippen LogP contribution is -2.26. The number of fused-ring (bicyclic) bond motifs is 1. The van der Waals surface area contributed by atoms with E-state index in [0.29, 0.717) is 22.3 Å². The van der Waals surface area contributed by atoms with E-state index in [1.807, 2.05) is 30.3 Å². The van der Waals surface area contributed by atoms with Crippen LogP contribution in [-0.2, 0) is 6.42 Å². The van der Waals surface area contributed by atoms with Crippen molar-refractivity contribution in [3.05, 3.63) is 74.6 Å². The van der Waals surface area contributed by atoms with Crippen molar-refractivity contribution in [3.63, 3.8) is 0 Å². The first kappa shape index (κ1) is 23.9. The molecule has 0 radical (unpaired) electrons. The molecule has 0 saturated heterocycles. The fourth-order valence-corrected chi connectivity index (χ4v) is 5.98. The van der Waals surface area contributed by atoms with Crippen LogP contribution in [-0.4, -0.2) is 18.0 Å². The van der Waals surface area contributed by atoms with Crippen LogP contribution in [0, 0.1) is 11.8 Å². The number of ether oxygens (including phenoxy) is 1. The number of hydrogen-bond acceptors (Lipinski definition) is 4. The van der Waals surface area contributed by atoms with E-state index in [2.05, 4.69) is 27.8 Å². The molecule has 0 heterocycles. The summed E-state index contributed by atoms with van der Waals surface area (Å²) >= 11 is 10.1. The third kappa shape index (κ3) is 4.99. The van der Waals surface area contributed by atoms with Gasteiger partial charge in [0.1, 0.15) is 5.75 Å². The summed E-state index contributed by atoms with van der Waals surface area (Å²) in [7, 11) is 1.62. The van der Waals surface area contributed by atoms with Crippen molar-refractivity contribution in [1.82, 2.24) is 0 Å². The van der Waals surface area contributed by atoms with Gasteiger partial charge in [0.25, 0.3) is 0 Å². The third-order valence-corrected chi connectivity index (χ3v) is 8.04. The van der Waals surface area contributed by atoms with Crippen LogP contribution in [0.2, 0.25) is 5.02 Å². The van der Waals surface area contributed by atoms with Crippen LogP contribution < -0.4 is 10.1 Å². The zero-order chi connectivity index (χ0) is 23.5. The van der Waals surface area contributed by atoms with E-state index in [0.717, 1.165) is 71.8 Å². The SMILES string of the molecule is C=Cc1ccc(NC(O)=C2CCC(C3CCCc4c(Br)ccc(Cl)c4C3=O)CC2)cc1OC. The lowest BCUT2D eigenvalue weighted by Gasteiger charge is -2.30. The molecular formula is C27H29BrClNO3. The first-order valence-corrected chi connectivity index (χ1v) is 12.6. The molecule has 1 fully saturated rings. The van der Waals surface area contributed by atoms with Gasteiger partial charge >= 0.3 is 0 Å². The standard InChI is InChI=1S/C27H29BrClNO3/c1-3-16-11-12-19(15-24(16)33-2)30-27(32)18-9-7-17(8-10-18)20-5-4-6-21-22(28)13-14-23(29)25(21)26(20)31/h3,11-15,17,20,30,32H,1,4-10H2,2H3. The lowest BCUT2D eigenvalue weighted by molar-refractivity contribution is 0.0845. The minimum atomic E-state index is -0.00888. The van der Waals surface area contributed by atoms with E-state index < -0.39 is 0 Å². The van der Waals surface area contributed by atoms with Crippen LogP contribution in [0.5, 0.6) is 5.75 Å². The van der Waals surface area contributed by atoms with Gasteiger partial charge in [-0.1, -0.05) is 40.2 Å². The fraction of sp³-hybridized carbons (Fsp3) is 0.370. The number of carbonyl (C=O) groups is 1. The number of methoxy groups -OCH3 is 1. The van der Waals surface area contributed by atoms with Crippen molar-refractivity contribution in [1.29, 1.82) is 0 Å². The summed E-state index contributed by atoms with van der Waals surface area (Å²) in [6.07, 6.45) is 7.80. The van der Waals surface area contributed by atoms with Gasteiger partial charge in [-0.2, -0.15) is 0 Å². The summed E-state index contributed by atoms with van der Waals surface area (Å²) in [6, 6.07) is 9.39. The number of ketones is 1. The maximum absolute atomic E-state index is 13.5. The smallest absolute Gasteiger partial charge is 0.187 e. The van der Waals surface area contributed by atoms with Crippen LogP contribution in [0.25, 0.3) is 6.08 Å². The first-order valence-electron chi connectivity index (χ1n) is 11.4. The minimum absolute atomic E-state index is 0.00888. The zero-order valence-corrected chi connectivity index (χ0v) is 21.1. The van der Waals surface area contributed by atoms with E-state index >= 15 is 0 Å². The van der Waals surface area contributed by atoms with E-state index in [-0.39, 0.29) is 17.6 Å². The molecule has 4 nitrogen and oxygen atoms in total. The molecule has 174 valence electrons. The summed E-state index contributed by atoms with van der Waals surface area (Å²) in [6.45, 7) is 3.79. The number of aliphatic hydroxyl groups excluding tert-OH is 1. The normalized spacial score (nSPS) is 20.6. The van der Waals surface area contributed by atoms with Gasteiger partial charge in [0, 0.05) is 33.3 Å². The molecule has 1 unspecified atom stereocenters. The molecule has 0 aromatic heterocycles. The van der Waals surface area contributed by atoms with Crippen LogP contribution in [0.4, 0.5) is 5.69 Å². The monoisotopic (exact) mass is 529 g/mol. The Morgan fingerprint density at radius 1 is 1.21 bits per heavy atom. The van der Waals surface area contributed by atoms with Crippen LogP contribution in [0.3, 0.4) is 0 Å². The van der Waals surface area contributed by atoms with Crippen LogP contribution in [0.15, 0.2) is 52.8 Å². The molecule has 0 aliphatic heterocycles. The van der Waals surface area contributed by atoms with E-state index in [9.17, 15) is 9.90 Å². The van der Waals surface area contributed by atoms with E-state index in [4.69, 9.17) is 16.3 Å². The Hall–Kier alpha value is -2.24. The van der Waals surface area contributed by atoms with Crippen molar-refractivity contribution < 1.29 is 14.6 Å². The predicted molar refractivity (Wildman–Crippen MR) is 138 cm³/mol. The van der Waals surface area contributed by atoms with Crippen molar-refractivity contribution in [2.45, 2.75) is 44.9 Å². The number of Topliss-reactive ketones (excluding diaryl/α,β-unsaturated/α-hetero) is 1. The molecule has 0 spiro atoms. The maximum atomic E-state index is 13.5. The molecule has 0 amide bonds. The number of anilines is 1. The van der Waals surface area contributed by atoms with Crippen LogP contribution >= 0.6 is 27.5 Å². The number of nitrogens with one attached hydrogen (secondary N) is 1. The molecule has 2 aromatic rings. The van der Waals surface area contributed by atoms with E-state index in [1.54, 1.807) is 13.2 Å². The topological polar surface area (TPSA) is 58.6 Å². The quantitative estimate of drug-likeness (QED) is 0.304. The summed E-state index contributed by atoms with van der Waals surface area (Å²) in [4.78, 5) is 13.5. The number of rotatable bonds is 5. The van der Waals surface area contributed by atoms with Gasteiger partial charge < -0.3 is 15.2 Å². The van der Waals surface area contributed by atoms with Crippen molar-refractivity contribution in [3.8, 4) is 5.75 Å². The summed E-state index contributed by atoms with van der Waals surface area (Å²) in [5, 5.41) is 14.4. The first-order chi connectivity index (χ1) is 15.9. The van der Waals surface area contributed by atoms with Crippen molar-refractivity contribution >= 4 is 45.1 Å². The van der Waals surface area contributed by atoms with Gasteiger partial charge in [-0.3, -0.25) is 4.79 Å².